The molecule has 1 saturated heterocycles. The third-order valence-corrected chi connectivity index (χ3v) is 4.68. The van der Waals surface area contributed by atoms with Crippen molar-refractivity contribution in [3.05, 3.63) is 68.5 Å². The molecule has 1 fully saturated rings. The van der Waals surface area contributed by atoms with Crippen molar-refractivity contribution in [2.75, 3.05) is 13.1 Å². The number of nitrogens with two attached hydrogens (primary N) is 1. The molecule has 0 spiro atoms. The molecule has 1 aliphatic rings. The summed E-state index contributed by atoms with van der Waals surface area (Å²) in [6, 6.07) is 11.8. The predicted octanol–water partition coefficient (Wildman–Crippen LogP) is 0.0107. The van der Waals surface area contributed by atoms with Crippen LogP contribution >= 0.6 is 0 Å². The van der Waals surface area contributed by atoms with Crippen LogP contribution in [0.25, 0.3) is 0 Å². The molecule has 0 aliphatic carbocycles. The fourth-order valence-corrected chi connectivity index (χ4v) is 3.25. The molecule has 6 heteroatoms. The molecule has 122 valence electrons. The number of rotatable bonds is 3. The quantitative estimate of drug-likeness (QED) is 0.866. The lowest BCUT2D eigenvalue weighted by Gasteiger charge is -2.18. The van der Waals surface area contributed by atoms with Gasteiger partial charge in [0.2, 0.25) is 0 Å². The molecule has 3 rings (SSSR count). The summed E-state index contributed by atoms with van der Waals surface area (Å²) in [7, 11) is 3.19. The van der Waals surface area contributed by atoms with E-state index < -0.39 is 0 Å². The summed E-state index contributed by atoms with van der Waals surface area (Å²) in [5.74, 6) is 0.278. The molecule has 2 atom stereocenters. The zero-order chi connectivity index (χ0) is 16.6. The van der Waals surface area contributed by atoms with Gasteiger partial charge in [-0.3, -0.25) is 18.8 Å². The van der Waals surface area contributed by atoms with E-state index in [4.69, 9.17) is 5.73 Å². The van der Waals surface area contributed by atoms with Gasteiger partial charge in [0.25, 0.3) is 5.56 Å². The minimum atomic E-state index is -0.296. The summed E-state index contributed by atoms with van der Waals surface area (Å²) in [6.45, 7) is 2.14. The standard InChI is InChI=1S/C17H22N4O2/c1-19-13(8-16(22)20(2)17(19)23)9-21-10-14(15(18)11-21)12-6-4-3-5-7-12/h3-8,14-15H,9-11,18H2,1-2H3/t14-,15+/m0/s1. The predicted molar refractivity (Wildman–Crippen MR) is 89.4 cm³/mol. The molecular weight excluding hydrogens is 292 g/mol. The third kappa shape index (κ3) is 3.00. The average Bonchev–Trinajstić information content (AvgIpc) is 2.92. The van der Waals surface area contributed by atoms with E-state index in [1.54, 1.807) is 7.05 Å². The van der Waals surface area contributed by atoms with Crippen LogP contribution in [0.5, 0.6) is 0 Å². The van der Waals surface area contributed by atoms with Gasteiger partial charge in [0, 0.05) is 57.4 Å². The summed E-state index contributed by atoms with van der Waals surface area (Å²) < 4.78 is 2.65. The van der Waals surface area contributed by atoms with E-state index in [-0.39, 0.29) is 23.2 Å². The lowest BCUT2D eigenvalue weighted by molar-refractivity contribution is 0.313. The fourth-order valence-electron chi connectivity index (χ4n) is 3.25. The van der Waals surface area contributed by atoms with Crippen molar-refractivity contribution in [3.63, 3.8) is 0 Å². The van der Waals surface area contributed by atoms with E-state index in [0.29, 0.717) is 6.54 Å². The Morgan fingerprint density at radius 3 is 2.48 bits per heavy atom. The molecular formula is C17H22N4O2. The topological polar surface area (TPSA) is 73.3 Å². The number of nitrogens with zero attached hydrogens (tertiary/aromatic N) is 3. The Labute approximate surface area is 134 Å². The number of aromatic nitrogens is 2. The Bertz CT molecular complexity index is 810. The van der Waals surface area contributed by atoms with Gasteiger partial charge in [-0.2, -0.15) is 0 Å². The van der Waals surface area contributed by atoms with Crippen molar-refractivity contribution in [1.82, 2.24) is 14.0 Å². The maximum atomic E-state index is 12.0. The summed E-state index contributed by atoms with van der Waals surface area (Å²) >= 11 is 0. The molecule has 2 aromatic rings. The molecule has 1 aromatic carbocycles. The van der Waals surface area contributed by atoms with Crippen LogP contribution in [-0.2, 0) is 20.6 Å². The normalized spacial score (nSPS) is 21.7. The van der Waals surface area contributed by atoms with Gasteiger partial charge in [0.05, 0.1) is 0 Å². The molecule has 1 aliphatic heterocycles. The highest BCUT2D eigenvalue weighted by atomic mass is 16.2. The largest absolute Gasteiger partial charge is 0.330 e. The summed E-state index contributed by atoms with van der Waals surface area (Å²) in [4.78, 5) is 26.1. The number of hydrogen-bond acceptors (Lipinski definition) is 4. The molecule has 2 heterocycles. The van der Waals surface area contributed by atoms with Crippen molar-refractivity contribution >= 4 is 0 Å². The van der Waals surface area contributed by atoms with Crippen molar-refractivity contribution in [1.29, 1.82) is 0 Å². The Balaban J connectivity index is 1.81. The van der Waals surface area contributed by atoms with Gasteiger partial charge in [-0.1, -0.05) is 30.3 Å². The number of benzene rings is 1. The SMILES string of the molecule is Cn1c(CN2C[C@@H](N)[C@H](c3ccccc3)C2)cc(=O)n(C)c1=O. The van der Waals surface area contributed by atoms with Crippen molar-refractivity contribution < 1.29 is 0 Å². The van der Waals surface area contributed by atoms with Crippen molar-refractivity contribution in [2.45, 2.75) is 18.5 Å². The van der Waals surface area contributed by atoms with E-state index in [2.05, 4.69) is 17.0 Å². The second-order valence-electron chi connectivity index (χ2n) is 6.25. The maximum absolute atomic E-state index is 12.0. The van der Waals surface area contributed by atoms with E-state index in [0.717, 1.165) is 23.4 Å². The summed E-state index contributed by atoms with van der Waals surface area (Å²) in [5.41, 5.74) is 7.69. The van der Waals surface area contributed by atoms with Crippen LogP contribution in [0, 0.1) is 0 Å². The molecule has 0 radical (unpaired) electrons. The first-order valence-corrected chi connectivity index (χ1v) is 7.76. The average molecular weight is 314 g/mol. The van der Waals surface area contributed by atoms with E-state index >= 15 is 0 Å². The highest BCUT2D eigenvalue weighted by Crippen LogP contribution is 2.27. The van der Waals surface area contributed by atoms with Crippen LogP contribution in [-0.4, -0.2) is 33.2 Å². The monoisotopic (exact) mass is 314 g/mol. The molecule has 6 nitrogen and oxygen atoms in total. The van der Waals surface area contributed by atoms with Crippen molar-refractivity contribution in [2.24, 2.45) is 19.8 Å². The van der Waals surface area contributed by atoms with Gasteiger partial charge >= 0.3 is 5.69 Å². The first-order chi connectivity index (χ1) is 11.0. The number of hydrogen-bond donors (Lipinski definition) is 1. The first kappa shape index (κ1) is 15.7. The van der Waals surface area contributed by atoms with Crippen LogP contribution in [0.3, 0.4) is 0 Å². The van der Waals surface area contributed by atoms with Crippen LogP contribution in [0.15, 0.2) is 46.0 Å². The zero-order valence-electron chi connectivity index (χ0n) is 13.5. The third-order valence-electron chi connectivity index (χ3n) is 4.68. The van der Waals surface area contributed by atoms with E-state index in [1.807, 2.05) is 18.2 Å². The van der Waals surface area contributed by atoms with Crippen LogP contribution in [0.4, 0.5) is 0 Å². The molecule has 0 bridgehead atoms. The summed E-state index contributed by atoms with van der Waals surface area (Å²) in [6.07, 6.45) is 0. The molecule has 0 amide bonds. The first-order valence-electron chi connectivity index (χ1n) is 7.76. The molecule has 2 N–H and O–H groups in total. The van der Waals surface area contributed by atoms with Gasteiger partial charge < -0.3 is 5.73 Å². The number of likely N-dealkylation sites (tertiary alicyclic amines) is 1. The van der Waals surface area contributed by atoms with Gasteiger partial charge in [0.15, 0.2) is 0 Å². The molecule has 1 aromatic heterocycles. The van der Waals surface area contributed by atoms with Crippen LogP contribution < -0.4 is 17.0 Å². The van der Waals surface area contributed by atoms with Gasteiger partial charge in [-0.15, -0.1) is 0 Å². The molecule has 23 heavy (non-hydrogen) atoms. The Morgan fingerprint density at radius 2 is 1.78 bits per heavy atom. The lowest BCUT2D eigenvalue weighted by atomic mass is 9.95. The fraction of sp³-hybridized carbons (Fsp3) is 0.412. The lowest BCUT2D eigenvalue weighted by Crippen LogP contribution is -2.39. The zero-order valence-corrected chi connectivity index (χ0v) is 13.5. The minimum Gasteiger partial charge on any atom is -0.326 e. The highest BCUT2D eigenvalue weighted by molar-refractivity contribution is 5.23. The Morgan fingerprint density at radius 1 is 1.09 bits per heavy atom. The Kier molecular flexibility index (Phi) is 4.19. The Hall–Kier alpha value is -2.18. The van der Waals surface area contributed by atoms with Crippen LogP contribution in [0.1, 0.15) is 17.2 Å². The van der Waals surface area contributed by atoms with Crippen molar-refractivity contribution in [3.8, 4) is 0 Å². The van der Waals surface area contributed by atoms with Gasteiger partial charge in [-0.25, -0.2) is 4.79 Å². The second kappa shape index (κ2) is 6.14. The van der Waals surface area contributed by atoms with E-state index in [9.17, 15) is 9.59 Å². The summed E-state index contributed by atoms with van der Waals surface area (Å²) in [5, 5.41) is 0. The van der Waals surface area contributed by atoms with E-state index in [1.165, 1.54) is 23.2 Å². The minimum absolute atomic E-state index is 0.0565. The molecule has 0 unspecified atom stereocenters. The van der Waals surface area contributed by atoms with Gasteiger partial charge in [-0.05, 0) is 5.56 Å². The molecule has 0 saturated carbocycles. The van der Waals surface area contributed by atoms with Gasteiger partial charge in [0.1, 0.15) is 0 Å². The maximum Gasteiger partial charge on any atom is 0.330 e. The second-order valence-corrected chi connectivity index (χ2v) is 6.25. The van der Waals surface area contributed by atoms with Crippen LogP contribution in [0.2, 0.25) is 0 Å². The smallest absolute Gasteiger partial charge is 0.326 e. The highest BCUT2D eigenvalue weighted by Gasteiger charge is 2.31.